The van der Waals surface area contributed by atoms with Crippen LogP contribution >= 0.6 is 0 Å². The van der Waals surface area contributed by atoms with Gasteiger partial charge in [-0.2, -0.15) is 0 Å². The highest BCUT2D eigenvalue weighted by Gasteiger charge is 2.35. The topological polar surface area (TPSA) is 15.6 Å². The van der Waals surface area contributed by atoms with Gasteiger partial charge in [0.25, 0.3) is 0 Å². The van der Waals surface area contributed by atoms with E-state index in [0.29, 0.717) is 11.5 Å². The number of halogens is 1. The van der Waals surface area contributed by atoms with Crippen LogP contribution in [0.15, 0.2) is 47.5 Å². The number of aliphatic imine (C=N–C) groups is 1. The van der Waals surface area contributed by atoms with Crippen LogP contribution in [-0.4, -0.2) is 18.3 Å². The monoisotopic (exact) mass is 324 g/mol. The van der Waals surface area contributed by atoms with Crippen LogP contribution in [0, 0.1) is 5.82 Å². The van der Waals surface area contributed by atoms with Crippen molar-refractivity contribution in [2.24, 2.45) is 4.99 Å². The second-order valence-corrected chi connectivity index (χ2v) is 7.19. The van der Waals surface area contributed by atoms with E-state index in [1.165, 1.54) is 5.56 Å². The quantitative estimate of drug-likeness (QED) is 0.662. The molecule has 0 aliphatic carbocycles. The summed E-state index contributed by atoms with van der Waals surface area (Å²) in [5.41, 5.74) is 3.68. The standard InChI is InChI=1S/C21H25FN2/c1-5-24-20-12-19(22)16(14-23-17-9-7-6-8-10-17)11-18(20)15(2)13-21(24,3)4/h6-12,14-15H,5,13H2,1-4H3. The molecule has 0 radical (unpaired) electrons. The molecule has 126 valence electrons. The fourth-order valence-electron chi connectivity index (χ4n) is 3.88. The Morgan fingerprint density at radius 3 is 2.62 bits per heavy atom. The zero-order valence-corrected chi connectivity index (χ0v) is 14.9. The Bertz CT molecular complexity index is 750. The average Bonchev–Trinajstić information content (AvgIpc) is 2.54. The maximum Gasteiger partial charge on any atom is 0.134 e. The third-order valence-electron chi connectivity index (χ3n) is 4.93. The molecule has 0 fully saturated rings. The van der Waals surface area contributed by atoms with Crippen molar-refractivity contribution in [1.29, 1.82) is 0 Å². The summed E-state index contributed by atoms with van der Waals surface area (Å²) < 4.78 is 14.7. The number of fused-ring (bicyclic) bond motifs is 1. The summed E-state index contributed by atoms with van der Waals surface area (Å²) in [7, 11) is 0. The number of benzene rings is 2. The van der Waals surface area contributed by atoms with Gasteiger partial charge in [0.15, 0.2) is 0 Å². The van der Waals surface area contributed by atoms with Crippen molar-refractivity contribution >= 4 is 17.6 Å². The van der Waals surface area contributed by atoms with Gasteiger partial charge < -0.3 is 4.90 Å². The van der Waals surface area contributed by atoms with Crippen LogP contribution in [0.25, 0.3) is 0 Å². The third-order valence-corrected chi connectivity index (χ3v) is 4.93. The molecule has 1 heterocycles. The van der Waals surface area contributed by atoms with E-state index in [1.54, 1.807) is 12.3 Å². The number of nitrogens with zero attached hydrogens (tertiary/aromatic N) is 2. The molecular weight excluding hydrogens is 299 g/mol. The number of hydrogen-bond acceptors (Lipinski definition) is 2. The molecule has 0 saturated heterocycles. The summed E-state index contributed by atoms with van der Waals surface area (Å²) in [4.78, 5) is 6.71. The Kier molecular flexibility index (Phi) is 4.44. The molecule has 1 aliphatic rings. The van der Waals surface area contributed by atoms with Gasteiger partial charge in [-0.15, -0.1) is 0 Å². The predicted octanol–water partition coefficient (Wildman–Crippen LogP) is 5.69. The number of hydrogen-bond donors (Lipinski definition) is 0. The first-order valence-electron chi connectivity index (χ1n) is 8.62. The smallest absolute Gasteiger partial charge is 0.134 e. The Labute approximate surface area is 144 Å². The van der Waals surface area contributed by atoms with Gasteiger partial charge in [0.05, 0.1) is 5.69 Å². The molecule has 3 rings (SSSR count). The molecule has 0 aromatic heterocycles. The number of anilines is 1. The van der Waals surface area contributed by atoms with Crippen LogP contribution < -0.4 is 4.90 Å². The molecule has 3 heteroatoms. The number of para-hydroxylation sites is 1. The van der Waals surface area contributed by atoms with Crippen molar-refractivity contribution in [2.75, 3.05) is 11.4 Å². The molecule has 0 bridgehead atoms. The first-order chi connectivity index (χ1) is 11.4. The lowest BCUT2D eigenvalue weighted by molar-refractivity contribution is 0.380. The Morgan fingerprint density at radius 2 is 1.96 bits per heavy atom. The minimum atomic E-state index is -0.211. The van der Waals surface area contributed by atoms with E-state index in [2.05, 4.69) is 37.6 Å². The lowest BCUT2D eigenvalue weighted by Gasteiger charge is -2.47. The first-order valence-corrected chi connectivity index (χ1v) is 8.62. The highest BCUT2D eigenvalue weighted by molar-refractivity contribution is 5.84. The van der Waals surface area contributed by atoms with Crippen LogP contribution in [0.2, 0.25) is 0 Å². The summed E-state index contributed by atoms with van der Waals surface area (Å²) in [6, 6.07) is 13.3. The summed E-state index contributed by atoms with van der Waals surface area (Å²) in [5, 5.41) is 0. The predicted molar refractivity (Wildman–Crippen MR) is 100 cm³/mol. The Hall–Kier alpha value is -2.16. The van der Waals surface area contributed by atoms with E-state index in [9.17, 15) is 4.39 Å². The molecule has 1 unspecified atom stereocenters. The lowest BCUT2D eigenvalue weighted by atomic mass is 9.79. The Morgan fingerprint density at radius 1 is 1.25 bits per heavy atom. The fraction of sp³-hybridized carbons (Fsp3) is 0.381. The van der Waals surface area contributed by atoms with E-state index >= 15 is 0 Å². The highest BCUT2D eigenvalue weighted by atomic mass is 19.1. The normalized spacial score (nSPS) is 19.5. The summed E-state index contributed by atoms with van der Waals surface area (Å²) in [6.07, 6.45) is 2.70. The van der Waals surface area contributed by atoms with Crippen LogP contribution in [0.1, 0.15) is 51.2 Å². The fourth-order valence-corrected chi connectivity index (χ4v) is 3.88. The minimum Gasteiger partial charge on any atom is -0.366 e. The third kappa shape index (κ3) is 3.08. The maximum atomic E-state index is 14.7. The van der Waals surface area contributed by atoms with Crippen LogP contribution in [0.3, 0.4) is 0 Å². The molecule has 1 aliphatic heterocycles. The summed E-state index contributed by atoms with van der Waals surface area (Å²) in [6.45, 7) is 9.70. The SMILES string of the molecule is CCN1c2cc(F)c(C=Nc3ccccc3)cc2C(C)CC1(C)C. The van der Waals surface area contributed by atoms with Crippen molar-refractivity contribution in [3.63, 3.8) is 0 Å². The van der Waals surface area contributed by atoms with Crippen LogP contribution in [0.4, 0.5) is 15.8 Å². The second kappa shape index (κ2) is 6.39. The zero-order chi connectivity index (χ0) is 17.3. The zero-order valence-electron chi connectivity index (χ0n) is 14.9. The largest absolute Gasteiger partial charge is 0.366 e. The van der Waals surface area contributed by atoms with E-state index < -0.39 is 0 Å². The number of rotatable bonds is 3. The molecule has 0 amide bonds. The van der Waals surface area contributed by atoms with Crippen molar-refractivity contribution < 1.29 is 4.39 Å². The summed E-state index contributed by atoms with van der Waals surface area (Å²) >= 11 is 0. The molecule has 2 aromatic carbocycles. The van der Waals surface area contributed by atoms with Gasteiger partial charge >= 0.3 is 0 Å². The molecule has 1 atom stereocenters. The van der Waals surface area contributed by atoms with Crippen LogP contribution in [-0.2, 0) is 0 Å². The van der Waals surface area contributed by atoms with Gasteiger partial charge in [0, 0.05) is 29.5 Å². The lowest BCUT2D eigenvalue weighted by Crippen LogP contribution is -2.48. The van der Waals surface area contributed by atoms with Gasteiger partial charge in [0.2, 0.25) is 0 Å². The van der Waals surface area contributed by atoms with E-state index in [0.717, 1.165) is 24.3 Å². The molecular formula is C21H25FN2. The summed E-state index contributed by atoms with van der Waals surface area (Å²) in [5.74, 6) is 0.194. The van der Waals surface area contributed by atoms with Gasteiger partial charge in [-0.1, -0.05) is 25.1 Å². The average molecular weight is 324 g/mol. The van der Waals surface area contributed by atoms with Gasteiger partial charge in [-0.05, 0) is 62.9 Å². The molecule has 0 spiro atoms. The molecule has 0 N–H and O–H groups in total. The molecule has 2 nitrogen and oxygen atoms in total. The van der Waals surface area contributed by atoms with Gasteiger partial charge in [-0.25, -0.2) is 4.39 Å². The van der Waals surface area contributed by atoms with Crippen molar-refractivity contribution in [1.82, 2.24) is 0 Å². The maximum absolute atomic E-state index is 14.7. The van der Waals surface area contributed by atoms with Gasteiger partial charge in [-0.3, -0.25) is 4.99 Å². The highest BCUT2D eigenvalue weighted by Crippen LogP contribution is 2.43. The second-order valence-electron chi connectivity index (χ2n) is 7.19. The van der Waals surface area contributed by atoms with E-state index in [-0.39, 0.29) is 11.4 Å². The molecule has 0 saturated carbocycles. The van der Waals surface area contributed by atoms with E-state index in [1.807, 2.05) is 36.4 Å². The molecule has 2 aromatic rings. The molecule has 24 heavy (non-hydrogen) atoms. The van der Waals surface area contributed by atoms with E-state index in [4.69, 9.17) is 0 Å². The van der Waals surface area contributed by atoms with Crippen molar-refractivity contribution in [3.8, 4) is 0 Å². The van der Waals surface area contributed by atoms with Gasteiger partial charge in [0.1, 0.15) is 5.82 Å². The first kappa shape index (κ1) is 16.7. The Balaban J connectivity index is 2.01. The minimum absolute atomic E-state index is 0.0489. The van der Waals surface area contributed by atoms with Crippen molar-refractivity contribution in [2.45, 2.75) is 45.6 Å². The van der Waals surface area contributed by atoms with Crippen molar-refractivity contribution in [3.05, 3.63) is 59.4 Å². The van der Waals surface area contributed by atoms with Crippen LogP contribution in [0.5, 0.6) is 0 Å².